The molecule has 0 aliphatic rings. The first-order valence-corrected chi connectivity index (χ1v) is 7.92. The number of methoxy groups -OCH3 is 1. The maximum Gasteiger partial charge on any atom is 0.286 e. The van der Waals surface area contributed by atoms with Crippen LogP contribution in [0.2, 0.25) is 0 Å². The summed E-state index contributed by atoms with van der Waals surface area (Å²) in [5.41, 5.74) is 0. The molecule has 2 amide bonds. The molecule has 134 valence electrons. The van der Waals surface area contributed by atoms with Crippen LogP contribution in [0.4, 0.5) is 0 Å². The van der Waals surface area contributed by atoms with Crippen LogP contribution < -0.4 is 14.8 Å². The highest BCUT2D eigenvalue weighted by Gasteiger charge is 2.11. The Bertz CT molecular complexity index is 667. The Balaban J connectivity index is 1.63. The first kappa shape index (κ1) is 18.4. The minimum Gasteiger partial charge on any atom is -0.497 e. The summed E-state index contributed by atoms with van der Waals surface area (Å²) in [6, 6.07) is 10.4. The number of nitrogens with zero attached hydrogens (tertiary/aromatic N) is 1. The molecule has 0 fully saturated rings. The van der Waals surface area contributed by atoms with Crippen LogP contribution in [0, 0.1) is 0 Å². The summed E-state index contributed by atoms with van der Waals surface area (Å²) in [7, 11) is 3.31. The molecule has 1 aromatic heterocycles. The lowest BCUT2D eigenvalue weighted by molar-refractivity contribution is -0.130. The zero-order chi connectivity index (χ0) is 18.1. The van der Waals surface area contributed by atoms with Gasteiger partial charge < -0.3 is 24.1 Å². The molecule has 7 nitrogen and oxygen atoms in total. The van der Waals surface area contributed by atoms with Crippen molar-refractivity contribution >= 4 is 11.8 Å². The van der Waals surface area contributed by atoms with E-state index in [1.54, 1.807) is 31.2 Å². The van der Waals surface area contributed by atoms with Gasteiger partial charge in [-0.3, -0.25) is 9.59 Å². The van der Waals surface area contributed by atoms with Crippen LogP contribution in [0.1, 0.15) is 17.0 Å². The molecule has 1 heterocycles. The molecule has 25 heavy (non-hydrogen) atoms. The van der Waals surface area contributed by atoms with Gasteiger partial charge in [0.1, 0.15) is 18.1 Å². The Morgan fingerprint density at radius 3 is 2.52 bits per heavy atom. The summed E-state index contributed by atoms with van der Waals surface area (Å²) >= 11 is 0. The molecule has 1 aromatic carbocycles. The first-order chi connectivity index (χ1) is 12.1. The maximum atomic E-state index is 12.0. The van der Waals surface area contributed by atoms with E-state index in [4.69, 9.17) is 13.9 Å². The van der Waals surface area contributed by atoms with Crippen molar-refractivity contribution in [2.24, 2.45) is 0 Å². The average Bonchev–Trinajstić information content (AvgIpc) is 3.16. The fraction of sp³-hybridized carbons (Fsp3) is 0.333. The van der Waals surface area contributed by atoms with Gasteiger partial charge in [0.05, 0.1) is 19.9 Å². The van der Waals surface area contributed by atoms with Crippen molar-refractivity contribution in [1.29, 1.82) is 0 Å². The van der Waals surface area contributed by atoms with Gasteiger partial charge in [-0.05, 0) is 36.4 Å². The third kappa shape index (κ3) is 5.87. The molecular weight excluding hydrogens is 324 g/mol. The number of hydrogen-bond acceptors (Lipinski definition) is 5. The van der Waals surface area contributed by atoms with Gasteiger partial charge in [-0.25, -0.2) is 0 Å². The summed E-state index contributed by atoms with van der Waals surface area (Å²) in [4.78, 5) is 25.3. The SMILES string of the molecule is COc1ccc(OCCN(C)C(=O)CCNC(=O)c2ccco2)cc1. The van der Waals surface area contributed by atoms with Crippen molar-refractivity contribution in [3.63, 3.8) is 0 Å². The van der Waals surface area contributed by atoms with E-state index in [0.717, 1.165) is 5.75 Å². The second kappa shape index (κ2) is 9.36. The zero-order valence-corrected chi connectivity index (χ0v) is 14.4. The van der Waals surface area contributed by atoms with E-state index in [-0.39, 0.29) is 30.5 Å². The van der Waals surface area contributed by atoms with Crippen LogP contribution in [0.25, 0.3) is 0 Å². The quantitative estimate of drug-likeness (QED) is 0.750. The number of carbonyl (C=O) groups excluding carboxylic acids is 2. The molecular formula is C18H22N2O5. The van der Waals surface area contributed by atoms with Gasteiger partial charge in [-0.2, -0.15) is 0 Å². The molecule has 0 radical (unpaired) electrons. The fourth-order valence-electron chi connectivity index (χ4n) is 2.07. The van der Waals surface area contributed by atoms with Crippen molar-refractivity contribution in [3.05, 3.63) is 48.4 Å². The molecule has 0 bridgehead atoms. The zero-order valence-electron chi connectivity index (χ0n) is 14.4. The lowest BCUT2D eigenvalue weighted by Gasteiger charge is -2.17. The van der Waals surface area contributed by atoms with Crippen LogP contribution >= 0.6 is 0 Å². The molecule has 0 spiro atoms. The smallest absolute Gasteiger partial charge is 0.286 e. The largest absolute Gasteiger partial charge is 0.497 e. The highest BCUT2D eigenvalue weighted by atomic mass is 16.5. The molecule has 0 saturated heterocycles. The Labute approximate surface area is 146 Å². The van der Waals surface area contributed by atoms with E-state index in [1.165, 1.54) is 6.26 Å². The van der Waals surface area contributed by atoms with Crippen LogP contribution in [0.5, 0.6) is 11.5 Å². The van der Waals surface area contributed by atoms with Gasteiger partial charge in [-0.1, -0.05) is 0 Å². The van der Waals surface area contributed by atoms with Crippen molar-refractivity contribution < 1.29 is 23.5 Å². The lowest BCUT2D eigenvalue weighted by atomic mass is 10.3. The number of rotatable bonds is 9. The lowest BCUT2D eigenvalue weighted by Crippen LogP contribution is -2.34. The van der Waals surface area contributed by atoms with E-state index >= 15 is 0 Å². The Hall–Kier alpha value is -2.96. The topological polar surface area (TPSA) is 81.0 Å². The minimum atomic E-state index is -0.330. The molecule has 7 heteroatoms. The number of hydrogen-bond donors (Lipinski definition) is 1. The summed E-state index contributed by atoms with van der Waals surface area (Å²) in [6.07, 6.45) is 1.64. The molecule has 0 aliphatic heterocycles. The number of likely N-dealkylation sites (N-methyl/N-ethyl adjacent to an activating group) is 1. The van der Waals surface area contributed by atoms with Gasteiger partial charge >= 0.3 is 0 Å². The maximum absolute atomic E-state index is 12.0. The van der Waals surface area contributed by atoms with Crippen molar-refractivity contribution in [2.45, 2.75) is 6.42 Å². The summed E-state index contributed by atoms with van der Waals surface area (Å²) in [6.45, 7) is 1.09. The van der Waals surface area contributed by atoms with Gasteiger partial charge in [0.15, 0.2) is 5.76 Å². The third-order valence-corrected chi connectivity index (χ3v) is 3.55. The van der Waals surface area contributed by atoms with Crippen molar-refractivity contribution in [3.8, 4) is 11.5 Å². The van der Waals surface area contributed by atoms with E-state index in [2.05, 4.69) is 5.32 Å². The Kier molecular flexibility index (Phi) is 6.88. The number of nitrogens with one attached hydrogen (secondary N) is 1. The van der Waals surface area contributed by atoms with E-state index in [9.17, 15) is 9.59 Å². The molecule has 0 aliphatic carbocycles. The van der Waals surface area contributed by atoms with Gasteiger partial charge in [0, 0.05) is 20.0 Å². The predicted octanol–water partition coefficient (Wildman–Crippen LogP) is 1.95. The third-order valence-electron chi connectivity index (χ3n) is 3.55. The van der Waals surface area contributed by atoms with Gasteiger partial charge in [0.25, 0.3) is 5.91 Å². The standard InChI is InChI=1S/C18H22N2O5/c1-20(11-13-24-15-7-5-14(23-2)6-8-15)17(21)9-10-19-18(22)16-4-3-12-25-16/h3-8,12H,9-11,13H2,1-2H3,(H,19,22). The second-order valence-electron chi connectivity index (χ2n) is 5.32. The average molecular weight is 346 g/mol. The molecule has 1 N–H and O–H groups in total. The van der Waals surface area contributed by atoms with Crippen LogP contribution in [0.15, 0.2) is 47.1 Å². The summed E-state index contributed by atoms with van der Waals surface area (Å²) in [5.74, 6) is 1.30. The number of carbonyl (C=O) groups is 2. The number of ether oxygens (including phenoxy) is 2. The van der Waals surface area contributed by atoms with E-state index in [1.807, 2.05) is 24.3 Å². The molecule has 0 atom stereocenters. The highest BCUT2D eigenvalue weighted by Crippen LogP contribution is 2.16. The molecule has 0 saturated carbocycles. The molecule has 0 unspecified atom stereocenters. The first-order valence-electron chi connectivity index (χ1n) is 7.92. The Morgan fingerprint density at radius 2 is 1.88 bits per heavy atom. The van der Waals surface area contributed by atoms with Crippen LogP contribution in [-0.4, -0.2) is 50.6 Å². The van der Waals surface area contributed by atoms with Crippen molar-refractivity contribution in [1.82, 2.24) is 10.2 Å². The van der Waals surface area contributed by atoms with E-state index in [0.29, 0.717) is 18.9 Å². The number of furan rings is 1. The van der Waals surface area contributed by atoms with Gasteiger partial charge in [0.2, 0.25) is 5.91 Å². The van der Waals surface area contributed by atoms with Crippen LogP contribution in [-0.2, 0) is 4.79 Å². The van der Waals surface area contributed by atoms with E-state index < -0.39 is 0 Å². The monoisotopic (exact) mass is 346 g/mol. The van der Waals surface area contributed by atoms with Crippen LogP contribution in [0.3, 0.4) is 0 Å². The van der Waals surface area contributed by atoms with Gasteiger partial charge in [-0.15, -0.1) is 0 Å². The summed E-state index contributed by atoms with van der Waals surface area (Å²) < 4.78 is 15.6. The fourth-order valence-corrected chi connectivity index (χ4v) is 2.07. The second-order valence-corrected chi connectivity index (χ2v) is 5.32. The predicted molar refractivity (Wildman–Crippen MR) is 91.8 cm³/mol. The minimum absolute atomic E-state index is 0.0712. The molecule has 2 rings (SSSR count). The summed E-state index contributed by atoms with van der Waals surface area (Å²) in [5, 5.41) is 2.64. The number of benzene rings is 1. The molecule has 2 aromatic rings. The highest BCUT2D eigenvalue weighted by molar-refractivity contribution is 5.91. The Morgan fingerprint density at radius 1 is 1.16 bits per heavy atom. The normalized spacial score (nSPS) is 10.2. The van der Waals surface area contributed by atoms with Crippen molar-refractivity contribution in [2.75, 3.05) is 33.9 Å². The number of amides is 2.